The summed E-state index contributed by atoms with van der Waals surface area (Å²) >= 11 is 0. The summed E-state index contributed by atoms with van der Waals surface area (Å²) < 4.78 is 0. The van der Waals surface area contributed by atoms with Crippen LogP contribution in [0, 0.1) is 0 Å². The highest BCUT2D eigenvalue weighted by Gasteiger charge is 2.33. The third-order valence-corrected chi connectivity index (χ3v) is 4.04. The first-order valence-corrected chi connectivity index (χ1v) is 7.97. The lowest BCUT2D eigenvalue weighted by molar-refractivity contribution is -0.138. The van der Waals surface area contributed by atoms with E-state index >= 15 is 0 Å². The maximum absolute atomic E-state index is 12.5. The lowest BCUT2D eigenvalue weighted by Crippen LogP contribution is -2.46. The first kappa shape index (κ1) is 16.1. The molecule has 0 bridgehead atoms. The molecule has 2 aromatic rings. The summed E-state index contributed by atoms with van der Waals surface area (Å²) in [4.78, 5) is 27.9. The van der Waals surface area contributed by atoms with Crippen molar-refractivity contribution in [1.82, 2.24) is 30.4 Å². The van der Waals surface area contributed by atoms with Crippen LogP contribution in [0.4, 0.5) is 0 Å². The van der Waals surface area contributed by atoms with Crippen LogP contribution in [0.5, 0.6) is 0 Å². The molecule has 1 saturated heterocycles. The molecule has 0 saturated carbocycles. The van der Waals surface area contributed by atoms with Gasteiger partial charge in [-0.1, -0.05) is 30.3 Å². The number of carbonyl (C=O) groups excluding carboxylic acids is 2. The summed E-state index contributed by atoms with van der Waals surface area (Å²) in [6.07, 6.45) is 1.83. The molecular formula is C16H20N6O2. The Morgan fingerprint density at radius 3 is 2.79 bits per heavy atom. The molecule has 0 radical (unpaired) electrons. The van der Waals surface area contributed by atoms with Gasteiger partial charge in [0, 0.05) is 6.54 Å². The SMILES string of the molecule is Cn1nnc(CNC(=O)[C@H]2CCCN2C(=O)Cc2ccccc2)n1. The van der Waals surface area contributed by atoms with Crippen molar-refractivity contribution in [2.45, 2.75) is 31.8 Å². The minimum absolute atomic E-state index is 0.0172. The van der Waals surface area contributed by atoms with Gasteiger partial charge in [0.05, 0.1) is 20.0 Å². The van der Waals surface area contributed by atoms with Crippen molar-refractivity contribution in [2.24, 2.45) is 7.05 Å². The van der Waals surface area contributed by atoms with Crippen molar-refractivity contribution in [3.63, 3.8) is 0 Å². The Labute approximate surface area is 139 Å². The summed E-state index contributed by atoms with van der Waals surface area (Å²) in [5, 5.41) is 14.4. The normalized spacial score (nSPS) is 17.0. The molecule has 24 heavy (non-hydrogen) atoms. The van der Waals surface area contributed by atoms with Crippen molar-refractivity contribution < 1.29 is 9.59 Å². The predicted molar refractivity (Wildman–Crippen MR) is 85.5 cm³/mol. The van der Waals surface area contributed by atoms with Gasteiger partial charge in [-0.15, -0.1) is 10.2 Å². The van der Waals surface area contributed by atoms with Gasteiger partial charge in [0.15, 0.2) is 5.82 Å². The molecule has 1 atom stereocenters. The Morgan fingerprint density at radius 2 is 2.08 bits per heavy atom. The van der Waals surface area contributed by atoms with E-state index in [0.29, 0.717) is 25.2 Å². The molecule has 1 aliphatic heterocycles. The zero-order valence-corrected chi connectivity index (χ0v) is 13.6. The van der Waals surface area contributed by atoms with Gasteiger partial charge in [-0.3, -0.25) is 9.59 Å². The Bertz CT molecular complexity index is 714. The topological polar surface area (TPSA) is 93.0 Å². The number of hydrogen-bond acceptors (Lipinski definition) is 5. The molecule has 8 nitrogen and oxygen atoms in total. The average molecular weight is 328 g/mol. The molecule has 126 valence electrons. The number of aromatic nitrogens is 4. The van der Waals surface area contributed by atoms with Crippen molar-refractivity contribution >= 4 is 11.8 Å². The Morgan fingerprint density at radius 1 is 1.29 bits per heavy atom. The number of rotatable bonds is 5. The van der Waals surface area contributed by atoms with Crippen molar-refractivity contribution in [1.29, 1.82) is 0 Å². The van der Waals surface area contributed by atoms with Crippen LogP contribution in [0.25, 0.3) is 0 Å². The van der Waals surface area contributed by atoms with E-state index in [1.807, 2.05) is 30.3 Å². The third kappa shape index (κ3) is 3.76. The summed E-state index contributed by atoms with van der Waals surface area (Å²) in [7, 11) is 1.67. The number of likely N-dealkylation sites (tertiary alicyclic amines) is 1. The summed E-state index contributed by atoms with van der Waals surface area (Å²) in [5.41, 5.74) is 0.956. The van der Waals surface area contributed by atoms with E-state index in [1.165, 1.54) is 4.80 Å². The molecule has 2 heterocycles. The molecule has 2 amide bonds. The van der Waals surface area contributed by atoms with Gasteiger partial charge in [0.25, 0.3) is 0 Å². The minimum Gasteiger partial charge on any atom is -0.347 e. The number of aryl methyl sites for hydroxylation is 1. The number of hydrogen-bond donors (Lipinski definition) is 1. The maximum Gasteiger partial charge on any atom is 0.243 e. The van der Waals surface area contributed by atoms with Crippen LogP contribution in [0.3, 0.4) is 0 Å². The highest BCUT2D eigenvalue weighted by Crippen LogP contribution is 2.19. The molecule has 3 rings (SSSR count). The van der Waals surface area contributed by atoms with Crippen molar-refractivity contribution in [3.05, 3.63) is 41.7 Å². The van der Waals surface area contributed by atoms with Gasteiger partial charge >= 0.3 is 0 Å². The third-order valence-electron chi connectivity index (χ3n) is 4.04. The van der Waals surface area contributed by atoms with Crippen molar-refractivity contribution in [2.75, 3.05) is 6.54 Å². The van der Waals surface area contributed by atoms with E-state index in [9.17, 15) is 9.59 Å². The van der Waals surface area contributed by atoms with Gasteiger partial charge in [-0.2, -0.15) is 4.80 Å². The average Bonchev–Trinajstić information content (AvgIpc) is 3.22. The predicted octanol–water partition coefficient (Wildman–Crippen LogP) is 0.0600. The van der Waals surface area contributed by atoms with Crippen LogP contribution in [0.1, 0.15) is 24.2 Å². The number of nitrogens with zero attached hydrogens (tertiary/aromatic N) is 5. The fourth-order valence-corrected chi connectivity index (χ4v) is 2.89. The smallest absolute Gasteiger partial charge is 0.243 e. The molecular weight excluding hydrogens is 308 g/mol. The Hall–Kier alpha value is -2.77. The van der Waals surface area contributed by atoms with E-state index in [4.69, 9.17) is 0 Å². The molecule has 1 fully saturated rings. The molecule has 1 aliphatic rings. The van der Waals surface area contributed by atoms with Crippen molar-refractivity contribution in [3.8, 4) is 0 Å². The molecule has 1 N–H and O–H groups in total. The summed E-state index contributed by atoms with van der Waals surface area (Å²) in [5.74, 6) is 0.267. The maximum atomic E-state index is 12.5. The monoisotopic (exact) mass is 328 g/mol. The number of carbonyl (C=O) groups is 2. The standard InChI is InChI=1S/C16H20N6O2/c1-21-19-14(18-20-21)11-17-16(24)13-8-5-9-22(13)15(23)10-12-6-3-2-4-7-12/h2-4,6-7,13H,5,8-11H2,1H3,(H,17,24)/t13-/m1/s1. The second kappa shape index (κ2) is 7.20. The van der Waals surface area contributed by atoms with Gasteiger partial charge in [-0.25, -0.2) is 0 Å². The molecule has 0 spiro atoms. The second-order valence-corrected chi connectivity index (χ2v) is 5.82. The molecule has 1 aromatic heterocycles. The highest BCUT2D eigenvalue weighted by atomic mass is 16.2. The van der Waals surface area contributed by atoms with Crippen LogP contribution >= 0.6 is 0 Å². The Kier molecular flexibility index (Phi) is 4.83. The second-order valence-electron chi connectivity index (χ2n) is 5.82. The quantitative estimate of drug-likeness (QED) is 0.838. The lowest BCUT2D eigenvalue weighted by Gasteiger charge is -2.23. The van der Waals surface area contributed by atoms with Crippen LogP contribution in [0.2, 0.25) is 0 Å². The number of nitrogens with one attached hydrogen (secondary N) is 1. The van der Waals surface area contributed by atoms with Crippen LogP contribution in [0.15, 0.2) is 30.3 Å². The van der Waals surface area contributed by atoms with E-state index in [-0.39, 0.29) is 18.4 Å². The minimum atomic E-state index is -0.419. The Balaban J connectivity index is 1.57. The van der Waals surface area contributed by atoms with E-state index in [1.54, 1.807) is 11.9 Å². The molecule has 8 heteroatoms. The van der Waals surface area contributed by atoms with Gasteiger partial charge < -0.3 is 10.2 Å². The summed E-state index contributed by atoms with van der Waals surface area (Å²) in [6, 6.07) is 9.15. The fraction of sp³-hybridized carbons (Fsp3) is 0.438. The number of amides is 2. The van der Waals surface area contributed by atoms with E-state index in [0.717, 1.165) is 12.0 Å². The van der Waals surface area contributed by atoms with Crippen LogP contribution in [-0.4, -0.2) is 49.5 Å². The zero-order valence-electron chi connectivity index (χ0n) is 13.6. The fourth-order valence-electron chi connectivity index (χ4n) is 2.89. The number of tetrazole rings is 1. The van der Waals surface area contributed by atoms with E-state index in [2.05, 4.69) is 20.7 Å². The molecule has 0 unspecified atom stereocenters. The summed E-state index contributed by atoms with van der Waals surface area (Å²) in [6.45, 7) is 0.830. The zero-order chi connectivity index (χ0) is 16.9. The number of benzene rings is 1. The van der Waals surface area contributed by atoms with E-state index < -0.39 is 6.04 Å². The molecule has 0 aliphatic carbocycles. The van der Waals surface area contributed by atoms with Crippen LogP contribution < -0.4 is 5.32 Å². The van der Waals surface area contributed by atoms with Crippen LogP contribution in [-0.2, 0) is 29.6 Å². The first-order chi connectivity index (χ1) is 11.6. The molecule has 1 aromatic carbocycles. The highest BCUT2D eigenvalue weighted by molar-refractivity contribution is 5.89. The lowest BCUT2D eigenvalue weighted by atomic mass is 10.1. The largest absolute Gasteiger partial charge is 0.347 e. The van der Waals surface area contributed by atoms with Gasteiger partial charge in [0.2, 0.25) is 11.8 Å². The van der Waals surface area contributed by atoms with Gasteiger partial charge in [-0.05, 0) is 23.6 Å². The first-order valence-electron chi connectivity index (χ1n) is 7.97. The van der Waals surface area contributed by atoms with Gasteiger partial charge in [0.1, 0.15) is 6.04 Å².